The number of carboxylic acids is 1. The third-order valence-corrected chi connectivity index (χ3v) is 3.46. The number of hydrogen-bond acceptors (Lipinski definition) is 3. The number of rotatable bonds is 12. The fraction of sp³-hybridized carbons (Fsp3) is 0.833. The number of aliphatic carboxylic acids is 1. The van der Waals surface area contributed by atoms with Gasteiger partial charge in [-0.15, -0.1) is 0 Å². The molecular formula is C18H36N2O4. The van der Waals surface area contributed by atoms with E-state index in [0.717, 1.165) is 19.3 Å². The fourth-order valence-corrected chi connectivity index (χ4v) is 2.04. The summed E-state index contributed by atoms with van der Waals surface area (Å²) < 4.78 is 0. The predicted molar refractivity (Wildman–Crippen MR) is 96.8 cm³/mol. The molecule has 0 saturated heterocycles. The van der Waals surface area contributed by atoms with Gasteiger partial charge in [-0.1, -0.05) is 40.5 Å². The molecule has 2 atom stereocenters. The van der Waals surface area contributed by atoms with E-state index in [-0.39, 0.29) is 24.3 Å². The summed E-state index contributed by atoms with van der Waals surface area (Å²) in [6, 6.07) is -0.188. The molecule has 0 spiro atoms. The third-order valence-electron chi connectivity index (χ3n) is 3.46. The van der Waals surface area contributed by atoms with Crippen molar-refractivity contribution in [2.75, 3.05) is 6.54 Å². The first-order valence-corrected chi connectivity index (χ1v) is 9.15. The maximum atomic E-state index is 11.7. The highest BCUT2D eigenvalue weighted by Gasteiger charge is 2.13. The van der Waals surface area contributed by atoms with Gasteiger partial charge in [-0.2, -0.15) is 0 Å². The minimum absolute atomic E-state index is 0.0102. The highest BCUT2D eigenvalue weighted by Crippen LogP contribution is 2.04. The largest absolute Gasteiger partial charge is 0.481 e. The summed E-state index contributed by atoms with van der Waals surface area (Å²) in [5, 5.41) is 14.3. The van der Waals surface area contributed by atoms with Crippen molar-refractivity contribution in [3.63, 3.8) is 0 Å². The second kappa shape index (κ2) is 16.3. The summed E-state index contributed by atoms with van der Waals surface area (Å²) in [5.41, 5.74) is 0. The number of unbranched alkanes of at least 4 members (excludes halogenated alkanes) is 2. The van der Waals surface area contributed by atoms with Crippen LogP contribution in [0.5, 0.6) is 0 Å². The van der Waals surface area contributed by atoms with Gasteiger partial charge < -0.3 is 15.7 Å². The standard InChI is InChI=1S/C16H30N2O4.C2H6/c1-4-5-6-9-14(19)18-13(3)11-15(20)17-10-7-8-12(2)16(21)22;1-2/h12-13H,4-11H2,1-3H3,(H,17,20)(H,18,19)(H,21,22);1-2H3. The summed E-state index contributed by atoms with van der Waals surface area (Å²) >= 11 is 0. The number of hydrogen-bond donors (Lipinski definition) is 3. The van der Waals surface area contributed by atoms with Crippen LogP contribution in [-0.4, -0.2) is 35.5 Å². The number of carbonyl (C=O) groups excluding carboxylic acids is 2. The average molecular weight is 344 g/mol. The van der Waals surface area contributed by atoms with E-state index in [1.54, 1.807) is 6.92 Å². The molecule has 0 radical (unpaired) electrons. The molecule has 142 valence electrons. The lowest BCUT2D eigenvalue weighted by Crippen LogP contribution is -2.37. The van der Waals surface area contributed by atoms with Crippen LogP contribution in [0.15, 0.2) is 0 Å². The van der Waals surface area contributed by atoms with Crippen LogP contribution in [0.1, 0.15) is 79.6 Å². The molecule has 0 saturated carbocycles. The Morgan fingerprint density at radius 1 is 1.00 bits per heavy atom. The average Bonchev–Trinajstić information content (AvgIpc) is 2.53. The Bertz CT molecular complexity index is 359. The summed E-state index contributed by atoms with van der Waals surface area (Å²) in [4.78, 5) is 33.9. The molecule has 0 heterocycles. The molecule has 3 N–H and O–H groups in total. The SMILES string of the molecule is CC.CCCCCC(=O)NC(C)CC(=O)NCCCC(C)C(=O)O. The Kier molecular flexibility index (Phi) is 16.7. The molecule has 6 nitrogen and oxygen atoms in total. The molecule has 0 aromatic rings. The van der Waals surface area contributed by atoms with Gasteiger partial charge in [0.2, 0.25) is 11.8 Å². The van der Waals surface area contributed by atoms with E-state index >= 15 is 0 Å². The molecule has 24 heavy (non-hydrogen) atoms. The normalized spacial score (nSPS) is 12.4. The van der Waals surface area contributed by atoms with E-state index in [4.69, 9.17) is 5.11 Å². The number of carbonyl (C=O) groups is 3. The van der Waals surface area contributed by atoms with Crippen molar-refractivity contribution in [2.45, 2.75) is 85.6 Å². The van der Waals surface area contributed by atoms with Gasteiger partial charge in [0, 0.05) is 25.4 Å². The van der Waals surface area contributed by atoms with Crippen molar-refractivity contribution < 1.29 is 19.5 Å². The van der Waals surface area contributed by atoms with Crippen molar-refractivity contribution in [1.82, 2.24) is 10.6 Å². The Balaban J connectivity index is 0. The number of nitrogens with one attached hydrogen (secondary N) is 2. The molecule has 0 aliphatic carbocycles. The highest BCUT2D eigenvalue weighted by atomic mass is 16.4. The van der Waals surface area contributed by atoms with Crippen molar-refractivity contribution >= 4 is 17.8 Å². The van der Waals surface area contributed by atoms with E-state index in [1.807, 2.05) is 20.8 Å². The molecular weight excluding hydrogens is 308 g/mol. The van der Waals surface area contributed by atoms with Gasteiger partial charge in [0.15, 0.2) is 0 Å². The van der Waals surface area contributed by atoms with Crippen LogP contribution in [0.2, 0.25) is 0 Å². The molecule has 0 fully saturated rings. The molecule has 0 bridgehead atoms. The minimum atomic E-state index is -0.814. The van der Waals surface area contributed by atoms with E-state index in [2.05, 4.69) is 17.6 Å². The smallest absolute Gasteiger partial charge is 0.306 e. The Labute approximate surface area is 146 Å². The maximum absolute atomic E-state index is 11.7. The molecule has 0 rings (SSSR count). The van der Waals surface area contributed by atoms with Crippen LogP contribution in [0.25, 0.3) is 0 Å². The first-order valence-electron chi connectivity index (χ1n) is 9.15. The molecule has 2 unspecified atom stereocenters. The lowest BCUT2D eigenvalue weighted by atomic mass is 10.1. The van der Waals surface area contributed by atoms with Gasteiger partial charge in [-0.3, -0.25) is 14.4 Å². The van der Waals surface area contributed by atoms with Crippen LogP contribution < -0.4 is 10.6 Å². The Morgan fingerprint density at radius 2 is 1.62 bits per heavy atom. The molecule has 0 aliphatic rings. The van der Waals surface area contributed by atoms with E-state index < -0.39 is 11.9 Å². The minimum Gasteiger partial charge on any atom is -0.481 e. The van der Waals surface area contributed by atoms with Crippen molar-refractivity contribution in [1.29, 1.82) is 0 Å². The van der Waals surface area contributed by atoms with Crippen LogP contribution in [-0.2, 0) is 14.4 Å². The maximum Gasteiger partial charge on any atom is 0.306 e. The van der Waals surface area contributed by atoms with E-state index in [1.165, 1.54) is 0 Å². The first kappa shape index (κ1) is 24.7. The first-order chi connectivity index (χ1) is 11.4. The summed E-state index contributed by atoms with van der Waals surface area (Å²) in [7, 11) is 0. The molecule has 0 aromatic heterocycles. The van der Waals surface area contributed by atoms with E-state index in [9.17, 15) is 14.4 Å². The van der Waals surface area contributed by atoms with Crippen molar-refractivity contribution in [3.8, 4) is 0 Å². The fourth-order valence-electron chi connectivity index (χ4n) is 2.04. The molecule has 2 amide bonds. The summed E-state index contributed by atoms with van der Waals surface area (Å²) in [6.45, 7) is 10.0. The number of amides is 2. The zero-order valence-electron chi connectivity index (χ0n) is 16.0. The summed E-state index contributed by atoms with van der Waals surface area (Å²) in [6.07, 6.45) is 4.92. The number of carboxylic acid groups (broad SMARTS) is 1. The topological polar surface area (TPSA) is 95.5 Å². The zero-order chi connectivity index (χ0) is 19.0. The molecule has 6 heteroatoms. The van der Waals surface area contributed by atoms with Gasteiger partial charge in [0.25, 0.3) is 0 Å². The van der Waals surface area contributed by atoms with Gasteiger partial charge in [-0.05, 0) is 26.2 Å². The lowest BCUT2D eigenvalue weighted by molar-refractivity contribution is -0.141. The van der Waals surface area contributed by atoms with Crippen LogP contribution in [0.3, 0.4) is 0 Å². The highest BCUT2D eigenvalue weighted by molar-refractivity contribution is 5.79. The van der Waals surface area contributed by atoms with E-state index in [0.29, 0.717) is 25.8 Å². The molecule has 0 aliphatic heterocycles. The van der Waals surface area contributed by atoms with Crippen LogP contribution >= 0.6 is 0 Å². The second-order valence-corrected chi connectivity index (χ2v) is 5.86. The van der Waals surface area contributed by atoms with Crippen LogP contribution in [0, 0.1) is 5.92 Å². The van der Waals surface area contributed by atoms with Crippen molar-refractivity contribution in [2.24, 2.45) is 5.92 Å². The monoisotopic (exact) mass is 344 g/mol. The van der Waals surface area contributed by atoms with Crippen LogP contribution in [0.4, 0.5) is 0 Å². The quantitative estimate of drug-likeness (QED) is 0.474. The lowest BCUT2D eigenvalue weighted by Gasteiger charge is -2.14. The van der Waals surface area contributed by atoms with Gasteiger partial charge in [-0.25, -0.2) is 0 Å². The van der Waals surface area contributed by atoms with Gasteiger partial charge in [0.05, 0.1) is 5.92 Å². The zero-order valence-corrected chi connectivity index (χ0v) is 16.0. The second-order valence-electron chi connectivity index (χ2n) is 5.86. The molecule has 0 aromatic carbocycles. The Morgan fingerprint density at radius 3 is 2.17 bits per heavy atom. The van der Waals surface area contributed by atoms with Gasteiger partial charge >= 0.3 is 5.97 Å². The predicted octanol–water partition coefficient (Wildman–Crippen LogP) is 3.10. The summed E-state index contributed by atoms with van der Waals surface area (Å²) in [5.74, 6) is -1.34. The van der Waals surface area contributed by atoms with Crippen molar-refractivity contribution in [3.05, 3.63) is 0 Å². The third kappa shape index (κ3) is 15.3. The Hall–Kier alpha value is -1.59. The van der Waals surface area contributed by atoms with Gasteiger partial charge in [0.1, 0.15) is 0 Å².